The second-order valence-corrected chi connectivity index (χ2v) is 5.88. The average Bonchev–Trinajstić information content (AvgIpc) is 2.16. The van der Waals surface area contributed by atoms with Crippen LogP contribution in [0.1, 0.15) is 73.1 Å². The SMILES string of the molecule is CCCC(C)CC(O)C(CCC)CC(C)C. The van der Waals surface area contributed by atoms with Crippen molar-refractivity contribution in [1.82, 2.24) is 0 Å². The summed E-state index contributed by atoms with van der Waals surface area (Å²) in [7, 11) is 0. The lowest BCUT2D eigenvalue weighted by molar-refractivity contribution is 0.0668. The van der Waals surface area contributed by atoms with Gasteiger partial charge in [0.1, 0.15) is 0 Å². The van der Waals surface area contributed by atoms with Gasteiger partial charge in [0.05, 0.1) is 6.10 Å². The van der Waals surface area contributed by atoms with Gasteiger partial charge in [-0.1, -0.05) is 53.9 Å². The second kappa shape index (κ2) is 9.04. The van der Waals surface area contributed by atoms with Crippen LogP contribution >= 0.6 is 0 Å². The van der Waals surface area contributed by atoms with E-state index in [1.165, 1.54) is 32.1 Å². The van der Waals surface area contributed by atoms with Gasteiger partial charge in [0.25, 0.3) is 0 Å². The fourth-order valence-electron chi connectivity index (χ4n) is 2.66. The molecule has 0 aromatic heterocycles. The van der Waals surface area contributed by atoms with Gasteiger partial charge in [-0.15, -0.1) is 0 Å². The highest BCUT2D eigenvalue weighted by atomic mass is 16.3. The van der Waals surface area contributed by atoms with Crippen LogP contribution in [0.5, 0.6) is 0 Å². The molecule has 0 aliphatic carbocycles. The third-order valence-electron chi connectivity index (χ3n) is 3.40. The van der Waals surface area contributed by atoms with Crippen LogP contribution in [0.3, 0.4) is 0 Å². The molecule has 0 aliphatic rings. The van der Waals surface area contributed by atoms with Crippen molar-refractivity contribution < 1.29 is 5.11 Å². The van der Waals surface area contributed by atoms with E-state index in [9.17, 15) is 5.11 Å². The minimum Gasteiger partial charge on any atom is -0.393 e. The van der Waals surface area contributed by atoms with E-state index in [0.717, 1.165) is 6.42 Å². The normalized spacial score (nSPS) is 17.4. The Kier molecular flexibility index (Phi) is 9.02. The van der Waals surface area contributed by atoms with Crippen molar-refractivity contribution in [3.63, 3.8) is 0 Å². The zero-order valence-electron chi connectivity index (χ0n) is 12.0. The Hall–Kier alpha value is -0.0400. The molecule has 0 rings (SSSR count). The van der Waals surface area contributed by atoms with Crippen molar-refractivity contribution in [2.45, 2.75) is 79.2 Å². The predicted octanol–water partition coefficient (Wildman–Crippen LogP) is 4.64. The third kappa shape index (κ3) is 7.27. The summed E-state index contributed by atoms with van der Waals surface area (Å²) in [6.07, 6.45) is 6.94. The van der Waals surface area contributed by atoms with Crippen LogP contribution in [0.4, 0.5) is 0 Å². The number of hydrogen-bond donors (Lipinski definition) is 1. The number of hydrogen-bond acceptors (Lipinski definition) is 1. The van der Waals surface area contributed by atoms with Crippen molar-refractivity contribution in [2.75, 3.05) is 0 Å². The maximum atomic E-state index is 10.3. The Morgan fingerprint density at radius 1 is 0.875 bits per heavy atom. The molecule has 0 aromatic carbocycles. The van der Waals surface area contributed by atoms with Crippen LogP contribution in [-0.4, -0.2) is 11.2 Å². The summed E-state index contributed by atoms with van der Waals surface area (Å²) in [5.41, 5.74) is 0. The topological polar surface area (TPSA) is 20.2 Å². The van der Waals surface area contributed by atoms with Crippen molar-refractivity contribution in [1.29, 1.82) is 0 Å². The molecule has 3 atom stereocenters. The Labute approximate surface area is 103 Å². The zero-order chi connectivity index (χ0) is 12.6. The molecule has 0 fully saturated rings. The van der Waals surface area contributed by atoms with Crippen LogP contribution < -0.4 is 0 Å². The molecule has 0 amide bonds. The highest BCUT2D eigenvalue weighted by molar-refractivity contribution is 4.72. The molecular formula is C15H32O. The maximum absolute atomic E-state index is 10.3. The first-order valence-electron chi connectivity index (χ1n) is 7.19. The minimum absolute atomic E-state index is 0.0797. The van der Waals surface area contributed by atoms with Gasteiger partial charge in [-0.2, -0.15) is 0 Å². The summed E-state index contributed by atoms with van der Waals surface area (Å²) in [4.78, 5) is 0. The summed E-state index contributed by atoms with van der Waals surface area (Å²) in [6.45, 7) is 11.2. The number of rotatable bonds is 9. The molecule has 0 spiro atoms. The summed E-state index contributed by atoms with van der Waals surface area (Å²) in [5, 5.41) is 10.3. The van der Waals surface area contributed by atoms with E-state index in [-0.39, 0.29) is 6.10 Å². The molecule has 0 aliphatic heterocycles. The van der Waals surface area contributed by atoms with Gasteiger partial charge in [0.2, 0.25) is 0 Å². The van der Waals surface area contributed by atoms with Crippen LogP contribution in [0.2, 0.25) is 0 Å². The van der Waals surface area contributed by atoms with E-state index >= 15 is 0 Å². The predicted molar refractivity (Wildman–Crippen MR) is 72.5 cm³/mol. The molecule has 0 bridgehead atoms. The number of aliphatic hydroxyl groups excluding tert-OH is 1. The van der Waals surface area contributed by atoms with E-state index in [4.69, 9.17) is 0 Å². The largest absolute Gasteiger partial charge is 0.393 e. The van der Waals surface area contributed by atoms with Crippen molar-refractivity contribution in [3.8, 4) is 0 Å². The second-order valence-electron chi connectivity index (χ2n) is 5.88. The van der Waals surface area contributed by atoms with Gasteiger partial charge < -0.3 is 5.11 Å². The highest BCUT2D eigenvalue weighted by Crippen LogP contribution is 2.26. The first kappa shape index (κ1) is 16.0. The number of aliphatic hydroxyl groups is 1. The molecular weight excluding hydrogens is 196 g/mol. The third-order valence-corrected chi connectivity index (χ3v) is 3.40. The smallest absolute Gasteiger partial charge is 0.0571 e. The van der Waals surface area contributed by atoms with Crippen molar-refractivity contribution in [3.05, 3.63) is 0 Å². The highest BCUT2D eigenvalue weighted by Gasteiger charge is 2.21. The van der Waals surface area contributed by atoms with Crippen LogP contribution in [0.25, 0.3) is 0 Å². The lowest BCUT2D eigenvalue weighted by atomic mass is 9.84. The summed E-state index contributed by atoms with van der Waals surface area (Å²) in [5.74, 6) is 1.89. The Morgan fingerprint density at radius 2 is 1.44 bits per heavy atom. The molecule has 98 valence electrons. The lowest BCUT2D eigenvalue weighted by Crippen LogP contribution is -2.24. The molecule has 1 N–H and O–H groups in total. The van der Waals surface area contributed by atoms with Crippen LogP contribution in [0.15, 0.2) is 0 Å². The average molecular weight is 228 g/mol. The standard InChI is InChI=1S/C15H32O/c1-6-8-13(5)11-15(16)14(9-7-2)10-12(3)4/h12-16H,6-11H2,1-5H3. The van der Waals surface area contributed by atoms with Gasteiger partial charge in [-0.05, 0) is 37.0 Å². The molecule has 0 aromatic rings. The van der Waals surface area contributed by atoms with E-state index in [0.29, 0.717) is 17.8 Å². The monoisotopic (exact) mass is 228 g/mol. The van der Waals surface area contributed by atoms with Crippen molar-refractivity contribution >= 4 is 0 Å². The molecule has 3 unspecified atom stereocenters. The van der Waals surface area contributed by atoms with Gasteiger partial charge in [0, 0.05) is 0 Å². The molecule has 0 radical (unpaired) electrons. The van der Waals surface area contributed by atoms with Crippen molar-refractivity contribution in [2.24, 2.45) is 17.8 Å². The first-order valence-corrected chi connectivity index (χ1v) is 7.19. The molecule has 16 heavy (non-hydrogen) atoms. The molecule has 0 saturated carbocycles. The molecule has 0 saturated heterocycles. The summed E-state index contributed by atoms with van der Waals surface area (Å²) < 4.78 is 0. The summed E-state index contributed by atoms with van der Waals surface area (Å²) >= 11 is 0. The minimum atomic E-state index is -0.0797. The van der Waals surface area contributed by atoms with E-state index < -0.39 is 0 Å². The van der Waals surface area contributed by atoms with E-state index in [1.807, 2.05) is 0 Å². The summed E-state index contributed by atoms with van der Waals surface area (Å²) in [6, 6.07) is 0. The van der Waals surface area contributed by atoms with Crippen LogP contribution in [0, 0.1) is 17.8 Å². The van der Waals surface area contributed by atoms with Gasteiger partial charge >= 0.3 is 0 Å². The molecule has 1 nitrogen and oxygen atoms in total. The molecule has 1 heteroatoms. The zero-order valence-corrected chi connectivity index (χ0v) is 12.0. The first-order chi connectivity index (χ1) is 7.51. The quantitative estimate of drug-likeness (QED) is 0.609. The lowest BCUT2D eigenvalue weighted by Gasteiger charge is -2.26. The van der Waals surface area contributed by atoms with Gasteiger partial charge in [-0.3, -0.25) is 0 Å². The fourth-order valence-corrected chi connectivity index (χ4v) is 2.66. The Morgan fingerprint density at radius 3 is 1.88 bits per heavy atom. The maximum Gasteiger partial charge on any atom is 0.0571 e. The van der Waals surface area contributed by atoms with Gasteiger partial charge in [-0.25, -0.2) is 0 Å². The van der Waals surface area contributed by atoms with E-state index in [1.54, 1.807) is 0 Å². The molecule has 0 heterocycles. The van der Waals surface area contributed by atoms with Gasteiger partial charge in [0.15, 0.2) is 0 Å². The Bertz CT molecular complexity index is 154. The Balaban J connectivity index is 4.09. The van der Waals surface area contributed by atoms with Crippen LogP contribution in [-0.2, 0) is 0 Å². The van der Waals surface area contributed by atoms with E-state index in [2.05, 4.69) is 34.6 Å². The fraction of sp³-hybridized carbons (Fsp3) is 1.00.